The van der Waals surface area contributed by atoms with Crippen molar-refractivity contribution in [2.45, 2.75) is 25.7 Å². The maximum absolute atomic E-state index is 11.2. The molecule has 5 nitrogen and oxygen atoms in total. The highest BCUT2D eigenvalue weighted by atomic mass is 16.3. The van der Waals surface area contributed by atoms with Crippen LogP contribution in [0.15, 0.2) is 9.97 Å². The van der Waals surface area contributed by atoms with E-state index in [1.165, 1.54) is 0 Å². The Bertz CT molecular complexity index is 436. The maximum atomic E-state index is 11.2. The molecule has 5 heteroatoms. The van der Waals surface area contributed by atoms with Gasteiger partial charge in [-0.1, -0.05) is 0 Å². The van der Waals surface area contributed by atoms with Crippen molar-refractivity contribution in [3.8, 4) is 5.75 Å². The second-order valence-corrected chi connectivity index (χ2v) is 3.41. The number of nitrogens with one attached hydrogen (secondary N) is 1. The quantitative estimate of drug-likeness (QED) is 0.662. The Hall–Kier alpha value is -1.65. The molecule has 1 aromatic rings. The summed E-state index contributed by atoms with van der Waals surface area (Å²) >= 11 is 0. The van der Waals surface area contributed by atoms with E-state index in [-0.39, 0.29) is 5.75 Å². The van der Waals surface area contributed by atoms with Crippen molar-refractivity contribution < 1.29 is 5.11 Å². The first-order chi connectivity index (χ1) is 6.74. The van der Waals surface area contributed by atoms with E-state index in [9.17, 15) is 14.8 Å². The lowest BCUT2D eigenvalue weighted by molar-refractivity contribution is 0.460. The van der Waals surface area contributed by atoms with Gasteiger partial charge in [-0.25, -0.2) is 0 Å². The van der Waals surface area contributed by atoms with Crippen molar-refractivity contribution in [1.82, 2.24) is 4.98 Å². The van der Waals surface area contributed by atoms with Crippen molar-refractivity contribution >= 4 is 5.69 Å². The van der Waals surface area contributed by atoms with Gasteiger partial charge in [0.25, 0.3) is 5.56 Å². The first kappa shape index (κ1) is 8.93. The molecule has 2 N–H and O–H groups in total. The van der Waals surface area contributed by atoms with Crippen molar-refractivity contribution in [1.29, 1.82) is 0 Å². The highest BCUT2D eigenvalue weighted by molar-refractivity contribution is 5.55. The van der Waals surface area contributed by atoms with E-state index in [0.717, 1.165) is 25.0 Å². The summed E-state index contributed by atoms with van der Waals surface area (Å²) in [5, 5.41) is 12.1. The molecule has 0 bridgehead atoms. The monoisotopic (exact) mass is 194 g/mol. The smallest absolute Gasteiger partial charge is 0.281 e. The summed E-state index contributed by atoms with van der Waals surface area (Å²) in [6.45, 7) is 0. The zero-order valence-corrected chi connectivity index (χ0v) is 7.54. The molecule has 74 valence electrons. The maximum Gasteiger partial charge on any atom is 0.281 e. The molecule has 0 amide bonds. The van der Waals surface area contributed by atoms with E-state index in [1.807, 2.05) is 0 Å². The van der Waals surface area contributed by atoms with Crippen LogP contribution < -0.4 is 5.56 Å². The van der Waals surface area contributed by atoms with Gasteiger partial charge in [0, 0.05) is 11.3 Å². The van der Waals surface area contributed by atoms with Gasteiger partial charge in [-0.15, -0.1) is 4.91 Å². The Morgan fingerprint density at radius 3 is 2.71 bits per heavy atom. The van der Waals surface area contributed by atoms with Gasteiger partial charge >= 0.3 is 0 Å². The van der Waals surface area contributed by atoms with Crippen LogP contribution in [0, 0.1) is 4.91 Å². The predicted octanol–water partition coefficient (Wildman–Crippen LogP) is 1.36. The van der Waals surface area contributed by atoms with E-state index >= 15 is 0 Å². The number of aromatic hydroxyl groups is 1. The van der Waals surface area contributed by atoms with Crippen LogP contribution in [-0.2, 0) is 12.8 Å². The van der Waals surface area contributed by atoms with Gasteiger partial charge in [0.1, 0.15) is 0 Å². The minimum atomic E-state index is -0.599. The number of hydrogen-bond acceptors (Lipinski definition) is 4. The third kappa shape index (κ3) is 1.21. The number of hydrogen-bond donors (Lipinski definition) is 2. The molecule has 0 saturated carbocycles. The van der Waals surface area contributed by atoms with Crippen molar-refractivity contribution in [2.75, 3.05) is 0 Å². The lowest BCUT2D eigenvalue weighted by Crippen LogP contribution is -2.15. The number of aromatic amines is 1. The van der Waals surface area contributed by atoms with E-state index in [4.69, 9.17) is 0 Å². The molecular weight excluding hydrogens is 184 g/mol. The number of pyridine rings is 1. The predicted molar refractivity (Wildman–Crippen MR) is 50.8 cm³/mol. The van der Waals surface area contributed by atoms with Gasteiger partial charge in [-0.3, -0.25) is 4.79 Å². The summed E-state index contributed by atoms with van der Waals surface area (Å²) in [4.78, 5) is 24.1. The summed E-state index contributed by atoms with van der Waals surface area (Å²) < 4.78 is 0. The van der Waals surface area contributed by atoms with Crippen LogP contribution in [0.3, 0.4) is 0 Å². The molecule has 1 heterocycles. The SMILES string of the molecule is O=Nc1c(O)c2c([nH]c1=O)CCCC2. The van der Waals surface area contributed by atoms with Gasteiger partial charge in [-0.2, -0.15) is 0 Å². The number of aryl methyl sites for hydroxylation is 1. The molecule has 1 aliphatic rings. The van der Waals surface area contributed by atoms with Gasteiger partial charge < -0.3 is 10.1 Å². The Morgan fingerprint density at radius 1 is 1.29 bits per heavy atom. The molecule has 0 atom stereocenters. The molecule has 0 spiro atoms. The normalized spacial score (nSPS) is 14.9. The van der Waals surface area contributed by atoms with Crippen LogP contribution in [0.5, 0.6) is 5.75 Å². The standard InChI is InChI=1S/C9H10N2O3/c12-8-5-3-1-2-4-6(5)10-9(13)7(8)11-14/h1-4H2,(H2,10,12,13). The second kappa shape index (κ2) is 3.25. The topological polar surface area (TPSA) is 82.5 Å². The molecule has 14 heavy (non-hydrogen) atoms. The van der Waals surface area contributed by atoms with Crippen LogP contribution in [-0.4, -0.2) is 10.1 Å². The zero-order valence-electron chi connectivity index (χ0n) is 7.54. The van der Waals surface area contributed by atoms with Crippen LogP contribution in [0.4, 0.5) is 5.69 Å². The van der Waals surface area contributed by atoms with Gasteiger partial charge in [0.15, 0.2) is 5.75 Å². The number of nitrogens with zero attached hydrogens (tertiary/aromatic N) is 1. The molecule has 0 saturated heterocycles. The largest absolute Gasteiger partial charge is 0.505 e. The summed E-state index contributed by atoms with van der Waals surface area (Å²) in [5.74, 6) is -0.238. The van der Waals surface area contributed by atoms with Crippen LogP contribution in [0.25, 0.3) is 0 Å². The molecule has 0 aromatic carbocycles. The molecule has 1 aromatic heterocycles. The number of nitroso groups, excluding NO2 is 1. The van der Waals surface area contributed by atoms with E-state index in [0.29, 0.717) is 12.0 Å². The molecule has 0 radical (unpaired) electrons. The molecule has 2 rings (SSSR count). The third-order valence-corrected chi connectivity index (χ3v) is 2.55. The minimum absolute atomic E-state index is 0.238. The van der Waals surface area contributed by atoms with Crippen molar-refractivity contribution in [2.24, 2.45) is 5.18 Å². The Kier molecular flexibility index (Phi) is 2.07. The average Bonchev–Trinajstić information content (AvgIpc) is 2.18. The second-order valence-electron chi connectivity index (χ2n) is 3.41. The summed E-state index contributed by atoms with van der Waals surface area (Å²) in [5.41, 5.74) is 0.417. The number of aromatic nitrogens is 1. The Labute approximate surface area is 79.8 Å². The zero-order chi connectivity index (χ0) is 10.1. The summed E-state index contributed by atoms with van der Waals surface area (Å²) in [6.07, 6.45) is 3.40. The first-order valence-corrected chi connectivity index (χ1v) is 4.54. The number of fused-ring (bicyclic) bond motifs is 1. The van der Waals surface area contributed by atoms with Crippen LogP contribution in [0.1, 0.15) is 24.1 Å². The highest BCUT2D eigenvalue weighted by Gasteiger charge is 2.19. The fourth-order valence-corrected chi connectivity index (χ4v) is 1.84. The molecule has 0 unspecified atom stereocenters. The van der Waals surface area contributed by atoms with Crippen LogP contribution >= 0.6 is 0 Å². The van der Waals surface area contributed by atoms with E-state index in [2.05, 4.69) is 10.2 Å². The molecule has 1 aliphatic carbocycles. The van der Waals surface area contributed by atoms with Crippen LogP contribution in [0.2, 0.25) is 0 Å². The third-order valence-electron chi connectivity index (χ3n) is 2.55. The van der Waals surface area contributed by atoms with Gasteiger partial charge in [-0.05, 0) is 30.9 Å². The highest BCUT2D eigenvalue weighted by Crippen LogP contribution is 2.32. The van der Waals surface area contributed by atoms with E-state index < -0.39 is 11.2 Å². The van der Waals surface area contributed by atoms with E-state index in [1.54, 1.807) is 0 Å². The lowest BCUT2D eigenvalue weighted by atomic mass is 9.95. The molecule has 0 fully saturated rings. The number of rotatable bonds is 1. The summed E-state index contributed by atoms with van der Waals surface area (Å²) in [6, 6.07) is 0. The number of H-pyrrole nitrogens is 1. The summed E-state index contributed by atoms with van der Waals surface area (Å²) in [7, 11) is 0. The van der Waals surface area contributed by atoms with Gasteiger partial charge in [0.2, 0.25) is 5.69 Å². The Morgan fingerprint density at radius 2 is 2.00 bits per heavy atom. The van der Waals surface area contributed by atoms with Crippen molar-refractivity contribution in [3.63, 3.8) is 0 Å². The molecule has 0 aliphatic heterocycles. The fourth-order valence-electron chi connectivity index (χ4n) is 1.84. The lowest BCUT2D eigenvalue weighted by Gasteiger charge is -2.16. The minimum Gasteiger partial charge on any atom is -0.505 e. The molecular formula is C9H10N2O3. The first-order valence-electron chi connectivity index (χ1n) is 4.54. The Balaban J connectivity index is 2.69. The van der Waals surface area contributed by atoms with Gasteiger partial charge in [0.05, 0.1) is 0 Å². The van der Waals surface area contributed by atoms with Crippen molar-refractivity contribution in [3.05, 3.63) is 26.5 Å². The fraction of sp³-hybridized carbons (Fsp3) is 0.444. The average molecular weight is 194 g/mol.